The molecule has 4 aromatic rings. The molecule has 8 rings (SSSR count). The number of nitrogens with zero attached hydrogens (tertiary/aromatic N) is 4. The molecule has 0 spiro atoms. The summed E-state index contributed by atoms with van der Waals surface area (Å²) < 4.78 is 11.6. The SMILES string of the molecule is CC(C)(C)OC(=O)N1[C@@H]2CC[C@@H](C2)[C@H]1c1ncc(-c2ccc(-c3ccc(-c4cnc([C@@H]5[C@H]6CC[C@@H](C6)N5C(=O)OC(C)(C)C)[nH]4)cc3)cc2)[nH]1. The van der Waals surface area contributed by atoms with Crippen LogP contribution in [0.15, 0.2) is 60.9 Å². The average Bonchev–Trinajstić information content (AvgIpc) is 3.92. The molecule has 2 aromatic heterocycles. The summed E-state index contributed by atoms with van der Waals surface area (Å²) in [5.41, 5.74) is 5.11. The molecular weight excluding hydrogens is 628 g/mol. The molecule has 0 radical (unpaired) electrons. The number of aromatic amines is 2. The Morgan fingerprint density at radius 2 is 0.960 bits per heavy atom. The molecule has 2 saturated heterocycles. The van der Waals surface area contributed by atoms with Crippen LogP contribution in [0.2, 0.25) is 0 Å². The highest BCUT2D eigenvalue weighted by Crippen LogP contribution is 2.51. The maximum atomic E-state index is 13.2. The number of aromatic nitrogens is 4. The number of imidazole rings is 2. The third kappa shape index (κ3) is 6.07. The van der Waals surface area contributed by atoms with Gasteiger partial charge in [0, 0.05) is 12.1 Å². The molecule has 2 aliphatic carbocycles. The minimum absolute atomic E-state index is 0.0849. The van der Waals surface area contributed by atoms with E-state index in [4.69, 9.17) is 19.4 Å². The predicted octanol–water partition coefficient (Wildman–Crippen LogP) is 9.05. The summed E-state index contributed by atoms with van der Waals surface area (Å²) >= 11 is 0. The number of carbonyl (C=O) groups excluding carboxylic acids is 2. The molecule has 4 aliphatic rings. The Morgan fingerprint density at radius 1 is 0.600 bits per heavy atom. The lowest BCUT2D eigenvalue weighted by Gasteiger charge is -2.35. The number of nitrogens with one attached hydrogen (secondary N) is 2. The summed E-state index contributed by atoms with van der Waals surface area (Å²) in [7, 11) is 0. The summed E-state index contributed by atoms with van der Waals surface area (Å²) in [4.78, 5) is 46.8. The van der Waals surface area contributed by atoms with E-state index < -0.39 is 11.2 Å². The lowest BCUT2D eigenvalue weighted by atomic mass is 9.98. The summed E-state index contributed by atoms with van der Waals surface area (Å²) in [5, 5.41) is 0. The first-order valence-electron chi connectivity index (χ1n) is 18.1. The number of H-pyrrole nitrogens is 2. The Hall–Kier alpha value is -4.60. The number of hydrogen-bond acceptors (Lipinski definition) is 6. The van der Waals surface area contributed by atoms with E-state index in [1.807, 2.05) is 63.7 Å². The van der Waals surface area contributed by atoms with E-state index in [9.17, 15) is 9.59 Å². The van der Waals surface area contributed by atoms with Gasteiger partial charge < -0.3 is 19.4 Å². The van der Waals surface area contributed by atoms with Gasteiger partial charge in [-0.15, -0.1) is 0 Å². The molecule has 10 heteroatoms. The molecule has 10 nitrogen and oxygen atoms in total. The number of fused-ring (bicyclic) bond motifs is 4. The fourth-order valence-corrected chi connectivity index (χ4v) is 8.79. The van der Waals surface area contributed by atoms with Crippen molar-refractivity contribution < 1.29 is 19.1 Å². The summed E-state index contributed by atoms with van der Waals surface area (Å²) in [6.45, 7) is 11.5. The van der Waals surface area contributed by atoms with E-state index in [0.29, 0.717) is 11.8 Å². The van der Waals surface area contributed by atoms with Gasteiger partial charge in [0.1, 0.15) is 22.9 Å². The largest absolute Gasteiger partial charge is 0.444 e. The molecule has 4 fully saturated rings. The van der Waals surface area contributed by atoms with Crippen LogP contribution in [0.4, 0.5) is 9.59 Å². The van der Waals surface area contributed by atoms with Crippen LogP contribution in [0.25, 0.3) is 33.6 Å². The smallest absolute Gasteiger partial charge is 0.411 e. The average molecular weight is 677 g/mol. The third-order valence-corrected chi connectivity index (χ3v) is 10.9. The van der Waals surface area contributed by atoms with Gasteiger partial charge in [-0.05, 0) is 114 Å². The van der Waals surface area contributed by atoms with E-state index in [1.165, 1.54) is 0 Å². The normalized spacial score (nSPS) is 25.8. The Balaban J connectivity index is 0.953. The number of piperidine rings is 2. The summed E-state index contributed by atoms with van der Waals surface area (Å²) in [6, 6.07) is 17.2. The van der Waals surface area contributed by atoms with Crippen LogP contribution in [0, 0.1) is 11.8 Å². The molecule has 2 aliphatic heterocycles. The Morgan fingerprint density at radius 3 is 1.32 bits per heavy atom. The first-order valence-corrected chi connectivity index (χ1v) is 18.1. The van der Waals surface area contributed by atoms with E-state index in [2.05, 4.69) is 58.5 Å². The number of benzene rings is 2. The van der Waals surface area contributed by atoms with Gasteiger partial charge in [-0.3, -0.25) is 9.80 Å². The quantitative estimate of drug-likeness (QED) is 0.218. The summed E-state index contributed by atoms with van der Waals surface area (Å²) in [5.74, 6) is 2.46. The topological polar surface area (TPSA) is 116 Å². The first-order chi connectivity index (χ1) is 23.8. The molecule has 2 aromatic carbocycles. The van der Waals surface area contributed by atoms with Crippen LogP contribution in [-0.4, -0.2) is 65.2 Å². The minimum Gasteiger partial charge on any atom is -0.444 e. The molecule has 4 bridgehead atoms. The van der Waals surface area contributed by atoms with Gasteiger partial charge in [-0.25, -0.2) is 19.6 Å². The Kier molecular flexibility index (Phi) is 7.84. The molecule has 2 amide bonds. The second kappa shape index (κ2) is 12.0. The maximum absolute atomic E-state index is 13.2. The van der Waals surface area contributed by atoms with Crippen LogP contribution in [0.5, 0.6) is 0 Å². The van der Waals surface area contributed by atoms with E-state index >= 15 is 0 Å². The summed E-state index contributed by atoms with van der Waals surface area (Å²) in [6.07, 6.45) is 9.52. The van der Waals surface area contributed by atoms with Crippen molar-refractivity contribution in [3.63, 3.8) is 0 Å². The molecule has 2 N–H and O–H groups in total. The fraction of sp³-hybridized carbons (Fsp3) is 0.500. The molecular formula is C40H48N6O4. The zero-order valence-corrected chi connectivity index (χ0v) is 29.9. The Labute approximate surface area is 294 Å². The second-order valence-corrected chi connectivity index (χ2v) is 16.6. The van der Waals surface area contributed by atoms with Gasteiger partial charge in [0.2, 0.25) is 0 Å². The van der Waals surface area contributed by atoms with Crippen LogP contribution in [-0.2, 0) is 9.47 Å². The molecule has 6 atom stereocenters. The predicted molar refractivity (Wildman–Crippen MR) is 191 cm³/mol. The fourth-order valence-electron chi connectivity index (χ4n) is 8.79. The zero-order chi connectivity index (χ0) is 34.9. The van der Waals surface area contributed by atoms with E-state index in [-0.39, 0.29) is 36.4 Å². The molecule has 2 saturated carbocycles. The van der Waals surface area contributed by atoms with Gasteiger partial charge >= 0.3 is 12.2 Å². The van der Waals surface area contributed by atoms with Gasteiger partial charge in [0.15, 0.2) is 0 Å². The van der Waals surface area contributed by atoms with Crippen LogP contribution in [0.3, 0.4) is 0 Å². The lowest BCUT2D eigenvalue weighted by molar-refractivity contribution is 0.00523. The molecule has 0 unspecified atom stereocenters. The highest BCUT2D eigenvalue weighted by Gasteiger charge is 2.52. The second-order valence-electron chi connectivity index (χ2n) is 16.6. The minimum atomic E-state index is -0.537. The van der Waals surface area contributed by atoms with Crippen LogP contribution >= 0.6 is 0 Å². The highest BCUT2D eigenvalue weighted by molar-refractivity contribution is 5.73. The van der Waals surface area contributed by atoms with Crippen molar-refractivity contribution in [3.05, 3.63) is 72.6 Å². The molecule has 50 heavy (non-hydrogen) atoms. The number of carbonyl (C=O) groups is 2. The van der Waals surface area contributed by atoms with Crippen molar-refractivity contribution in [3.8, 4) is 33.6 Å². The first kappa shape index (κ1) is 32.6. The number of amides is 2. The zero-order valence-electron chi connectivity index (χ0n) is 29.9. The highest BCUT2D eigenvalue weighted by atomic mass is 16.6. The van der Waals surface area contributed by atoms with E-state index in [0.717, 1.165) is 83.8 Å². The van der Waals surface area contributed by atoms with Crippen molar-refractivity contribution in [2.24, 2.45) is 11.8 Å². The van der Waals surface area contributed by atoms with Gasteiger partial charge in [0.25, 0.3) is 0 Å². The van der Waals surface area contributed by atoms with E-state index in [1.54, 1.807) is 0 Å². The van der Waals surface area contributed by atoms with Crippen molar-refractivity contribution in [2.75, 3.05) is 0 Å². The maximum Gasteiger partial charge on any atom is 0.411 e. The molecule has 4 heterocycles. The van der Waals surface area contributed by atoms with Crippen molar-refractivity contribution in [2.45, 2.75) is 115 Å². The molecule has 262 valence electrons. The van der Waals surface area contributed by atoms with Gasteiger partial charge in [0.05, 0.1) is 35.9 Å². The standard InChI is InChI=1S/C40H48N6O4/c1-39(2,3)49-37(47)45-29-17-15-27(19-29)33(45)35-41-21-31(43-35)25-11-7-23(8-12-25)24-9-13-26(14-10-24)32-22-42-36(44-32)34-28-16-18-30(20-28)46(34)38(48)50-40(4,5)6/h7-14,21-22,27-30,33-34H,15-20H2,1-6H3,(H,41,43)(H,42,44)/t27-,28-,29-,30+,33-,34-/m0/s1. The lowest BCUT2D eigenvalue weighted by Crippen LogP contribution is -2.43. The van der Waals surface area contributed by atoms with Gasteiger partial charge in [-0.1, -0.05) is 48.5 Å². The van der Waals surface area contributed by atoms with Gasteiger partial charge in [-0.2, -0.15) is 0 Å². The van der Waals surface area contributed by atoms with Crippen molar-refractivity contribution in [1.29, 1.82) is 0 Å². The van der Waals surface area contributed by atoms with Crippen LogP contribution < -0.4 is 0 Å². The van der Waals surface area contributed by atoms with Crippen molar-refractivity contribution in [1.82, 2.24) is 29.7 Å². The third-order valence-electron chi connectivity index (χ3n) is 10.9. The van der Waals surface area contributed by atoms with Crippen molar-refractivity contribution >= 4 is 12.2 Å². The number of ether oxygens (including phenoxy) is 2. The van der Waals surface area contributed by atoms with Crippen LogP contribution in [0.1, 0.15) is 104 Å². The monoisotopic (exact) mass is 676 g/mol. The number of rotatable bonds is 5. The number of likely N-dealkylation sites (tertiary alicyclic amines) is 2. The number of hydrogen-bond donors (Lipinski definition) is 2. The Bertz CT molecular complexity index is 1740.